The third-order valence-electron chi connectivity index (χ3n) is 6.94. The lowest BCUT2D eigenvalue weighted by Crippen LogP contribution is -2.35. The third-order valence-corrected chi connectivity index (χ3v) is 6.94. The monoisotopic (exact) mass is 486 g/mol. The van der Waals surface area contributed by atoms with Crippen LogP contribution in [0.25, 0.3) is 16.9 Å². The van der Waals surface area contributed by atoms with E-state index in [1.54, 1.807) is 30.3 Å². The summed E-state index contributed by atoms with van der Waals surface area (Å²) in [4.78, 5) is 15.0. The van der Waals surface area contributed by atoms with Gasteiger partial charge in [0.2, 0.25) is 0 Å². The summed E-state index contributed by atoms with van der Waals surface area (Å²) < 4.78 is 16.9. The zero-order valence-electron chi connectivity index (χ0n) is 21.2. The summed E-state index contributed by atoms with van der Waals surface area (Å²) >= 11 is 0. The molecule has 1 amide bonds. The van der Waals surface area contributed by atoms with E-state index in [2.05, 4.69) is 18.1 Å². The van der Waals surface area contributed by atoms with Crippen LogP contribution in [0.3, 0.4) is 0 Å². The molecule has 1 saturated heterocycles. The van der Waals surface area contributed by atoms with Crippen LogP contribution in [-0.2, 0) is 6.42 Å². The summed E-state index contributed by atoms with van der Waals surface area (Å²) in [5, 5.41) is 13.8. The molecule has 0 unspecified atom stereocenters. The zero-order chi connectivity index (χ0) is 25.3. The smallest absolute Gasteiger partial charge is 0.274 e. The molecule has 36 heavy (non-hydrogen) atoms. The van der Waals surface area contributed by atoms with Crippen LogP contribution in [0.15, 0.2) is 48.5 Å². The third kappa shape index (κ3) is 6.20. The quantitative estimate of drug-likeness (QED) is 0.288. The second-order valence-electron chi connectivity index (χ2n) is 9.67. The molecule has 2 heterocycles. The van der Waals surface area contributed by atoms with E-state index in [9.17, 15) is 4.79 Å². The molecule has 1 fully saturated rings. The number of likely N-dealkylation sites (tertiary alicyclic amines) is 1. The Bertz CT molecular complexity index is 1200. The highest BCUT2D eigenvalue weighted by molar-refractivity contribution is 5.93. The number of hydrogen-bond donors (Lipinski definition) is 0. The Kier molecular flexibility index (Phi) is 8.89. The van der Waals surface area contributed by atoms with Crippen LogP contribution in [0, 0.1) is 17.1 Å². The molecule has 2 aromatic carbocycles. The average molecular weight is 487 g/mol. The molecule has 6 heteroatoms. The van der Waals surface area contributed by atoms with Gasteiger partial charge in [0, 0.05) is 18.7 Å². The van der Waals surface area contributed by atoms with Gasteiger partial charge in [0.15, 0.2) is 5.69 Å². The van der Waals surface area contributed by atoms with Gasteiger partial charge in [0.05, 0.1) is 17.3 Å². The normalized spacial score (nSPS) is 13.5. The van der Waals surface area contributed by atoms with Crippen molar-refractivity contribution in [3.05, 3.63) is 71.2 Å². The number of carbonyl (C=O) groups is 1. The molecule has 0 saturated carbocycles. The molecule has 1 aliphatic heterocycles. The van der Waals surface area contributed by atoms with Gasteiger partial charge in [-0.1, -0.05) is 57.2 Å². The van der Waals surface area contributed by atoms with Crippen LogP contribution in [0.5, 0.6) is 0 Å². The first-order valence-corrected chi connectivity index (χ1v) is 13.3. The van der Waals surface area contributed by atoms with Crippen molar-refractivity contribution in [2.24, 2.45) is 0 Å². The number of halogens is 1. The number of benzene rings is 2. The minimum absolute atomic E-state index is 0.122. The first-order chi connectivity index (χ1) is 17.6. The van der Waals surface area contributed by atoms with Crippen molar-refractivity contribution in [1.82, 2.24) is 14.7 Å². The highest BCUT2D eigenvalue weighted by Crippen LogP contribution is 2.28. The van der Waals surface area contributed by atoms with E-state index >= 15 is 4.39 Å². The van der Waals surface area contributed by atoms with Crippen molar-refractivity contribution in [3.8, 4) is 23.0 Å². The lowest BCUT2D eigenvalue weighted by atomic mass is 10.0. The highest BCUT2D eigenvalue weighted by Gasteiger charge is 2.24. The van der Waals surface area contributed by atoms with Crippen LogP contribution in [0.1, 0.15) is 86.3 Å². The van der Waals surface area contributed by atoms with Gasteiger partial charge < -0.3 is 4.90 Å². The van der Waals surface area contributed by atoms with Crippen molar-refractivity contribution in [2.75, 3.05) is 13.1 Å². The van der Waals surface area contributed by atoms with Gasteiger partial charge in [0.25, 0.3) is 5.91 Å². The predicted octanol–water partition coefficient (Wildman–Crippen LogP) is 7.08. The Morgan fingerprint density at radius 1 is 0.972 bits per heavy atom. The molecule has 0 N–H and O–H groups in total. The topological polar surface area (TPSA) is 61.9 Å². The minimum atomic E-state index is -0.353. The highest BCUT2D eigenvalue weighted by atomic mass is 19.1. The van der Waals surface area contributed by atoms with Gasteiger partial charge in [-0.25, -0.2) is 9.07 Å². The molecule has 0 aliphatic carbocycles. The first kappa shape index (κ1) is 25.6. The maximum atomic E-state index is 15.4. The fraction of sp³-hybridized carbons (Fsp3) is 0.433. The summed E-state index contributed by atoms with van der Waals surface area (Å²) in [7, 11) is 0. The SMILES string of the molecule is CCCCCCCCc1ccc(-n2nc(C(=O)N3CCCCC3)cc2-c2ccc(C#N)cc2)c(F)c1. The molecule has 5 nitrogen and oxygen atoms in total. The van der Waals surface area contributed by atoms with E-state index in [1.165, 1.54) is 30.4 Å². The molecule has 0 atom stereocenters. The van der Waals surface area contributed by atoms with Gasteiger partial charge >= 0.3 is 0 Å². The van der Waals surface area contributed by atoms with Crippen molar-refractivity contribution < 1.29 is 9.18 Å². The summed E-state index contributed by atoms with van der Waals surface area (Å²) in [5.74, 6) is -0.475. The van der Waals surface area contributed by atoms with Crippen molar-refractivity contribution >= 4 is 5.91 Å². The largest absolute Gasteiger partial charge is 0.337 e. The molecule has 1 aliphatic rings. The van der Waals surface area contributed by atoms with E-state index in [0.29, 0.717) is 22.6 Å². The number of nitrogens with zero attached hydrogens (tertiary/aromatic N) is 4. The van der Waals surface area contributed by atoms with Crippen LogP contribution in [0.2, 0.25) is 0 Å². The molecule has 3 aromatic rings. The van der Waals surface area contributed by atoms with E-state index in [4.69, 9.17) is 5.26 Å². The second-order valence-corrected chi connectivity index (χ2v) is 9.67. The summed E-state index contributed by atoms with van der Waals surface area (Å²) in [6, 6.07) is 16.2. The standard InChI is InChI=1S/C30H35FN4O/c1-2-3-4-5-6-8-11-23-14-17-28(26(31)20-23)35-29(25-15-12-24(22-32)13-16-25)21-27(33-35)30(36)34-18-9-7-10-19-34/h12-17,20-21H,2-11,18-19H2,1H3. The molecule has 0 spiro atoms. The number of unbranched alkanes of at least 4 members (excludes halogenated alkanes) is 5. The Hall–Kier alpha value is -3.46. The number of amides is 1. The second kappa shape index (κ2) is 12.5. The van der Waals surface area contributed by atoms with E-state index in [-0.39, 0.29) is 11.7 Å². The van der Waals surface area contributed by atoms with Crippen LogP contribution in [-0.4, -0.2) is 33.7 Å². The Morgan fingerprint density at radius 3 is 2.39 bits per heavy atom. The van der Waals surface area contributed by atoms with E-state index in [1.807, 2.05) is 23.1 Å². The summed E-state index contributed by atoms with van der Waals surface area (Å²) in [6.07, 6.45) is 11.2. The van der Waals surface area contributed by atoms with Crippen molar-refractivity contribution in [1.29, 1.82) is 5.26 Å². The van der Waals surface area contributed by atoms with Gasteiger partial charge in [0.1, 0.15) is 11.5 Å². The van der Waals surface area contributed by atoms with Crippen molar-refractivity contribution in [3.63, 3.8) is 0 Å². The predicted molar refractivity (Wildman–Crippen MR) is 141 cm³/mol. The maximum absolute atomic E-state index is 15.4. The molecule has 0 bridgehead atoms. The fourth-order valence-corrected chi connectivity index (χ4v) is 4.84. The Balaban J connectivity index is 1.60. The number of nitriles is 1. The number of hydrogen-bond acceptors (Lipinski definition) is 3. The molecular formula is C30H35FN4O. The van der Waals surface area contributed by atoms with Crippen LogP contribution in [0.4, 0.5) is 4.39 Å². The number of piperidine rings is 1. The molecule has 0 radical (unpaired) electrons. The number of aromatic nitrogens is 2. The van der Waals surface area contributed by atoms with Crippen LogP contribution >= 0.6 is 0 Å². The fourth-order valence-electron chi connectivity index (χ4n) is 4.84. The molecular weight excluding hydrogens is 451 g/mol. The zero-order valence-corrected chi connectivity index (χ0v) is 21.2. The molecule has 1 aromatic heterocycles. The van der Waals surface area contributed by atoms with E-state index in [0.717, 1.165) is 62.7 Å². The number of aryl methyl sites for hydroxylation is 1. The maximum Gasteiger partial charge on any atom is 0.274 e. The minimum Gasteiger partial charge on any atom is -0.337 e. The Morgan fingerprint density at radius 2 is 1.69 bits per heavy atom. The van der Waals surface area contributed by atoms with Gasteiger partial charge in [-0.15, -0.1) is 0 Å². The van der Waals surface area contributed by atoms with Gasteiger partial charge in [-0.05, 0) is 68.0 Å². The summed E-state index contributed by atoms with van der Waals surface area (Å²) in [5.41, 5.74) is 3.55. The van der Waals surface area contributed by atoms with E-state index < -0.39 is 0 Å². The molecule has 188 valence electrons. The number of rotatable bonds is 10. The number of carbonyl (C=O) groups excluding carboxylic acids is 1. The summed E-state index contributed by atoms with van der Waals surface area (Å²) in [6.45, 7) is 3.65. The lowest BCUT2D eigenvalue weighted by Gasteiger charge is -2.25. The average Bonchev–Trinajstić information content (AvgIpc) is 3.36. The van der Waals surface area contributed by atoms with Gasteiger partial charge in [-0.2, -0.15) is 10.4 Å². The first-order valence-electron chi connectivity index (χ1n) is 13.3. The van der Waals surface area contributed by atoms with Crippen molar-refractivity contribution in [2.45, 2.75) is 71.1 Å². The van der Waals surface area contributed by atoms with Gasteiger partial charge in [-0.3, -0.25) is 4.79 Å². The van der Waals surface area contributed by atoms with Crippen LogP contribution < -0.4 is 0 Å². The lowest BCUT2D eigenvalue weighted by molar-refractivity contribution is 0.0718. The molecule has 4 rings (SSSR count). The Labute approximate surface area is 213 Å².